The molecule has 1 aromatic carbocycles. The number of carbonyl (C=O) groups excluding carboxylic acids is 1. The Morgan fingerprint density at radius 1 is 1.21 bits per heavy atom. The minimum Gasteiger partial charge on any atom is -0.493 e. The number of methoxy groups -OCH3 is 2. The van der Waals surface area contributed by atoms with Crippen LogP contribution in [0, 0.1) is 5.92 Å². The first-order valence-electron chi connectivity index (χ1n) is 6.24. The highest BCUT2D eigenvalue weighted by atomic mass is 35.5. The van der Waals surface area contributed by atoms with Gasteiger partial charge < -0.3 is 14.8 Å². The van der Waals surface area contributed by atoms with Crippen molar-refractivity contribution in [3.63, 3.8) is 0 Å². The molecule has 0 radical (unpaired) electrons. The van der Waals surface area contributed by atoms with Gasteiger partial charge in [0.1, 0.15) is 0 Å². The zero-order valence-corrected chi connectivity index (χ0v) is 12.1. The molecule has 1 heterocycles. The Morgan fingerprint density at radius 2 is 1.89 bits per heavy atom. The summed E-state index contributed by atoms with van der Waals surface area (Å²) in [5, 5.41) is 3.26. The molecule has 5 heteroatoms. The lowest BCUT2D eigenvalue weighted by atomic mass is 9.89. The second-order valence-electron chi connectivity index (χ2n) is 4.43. The standard InChI is InChI=1S/C14H19NO3.ClH/c1-17-12-5-3-4-11(14(12)18-2)13(16)10-6-8-15-9-7-10;/h3-5,10,15H,6-9H2,1-2H3;1H. The van der Waals surface area contributed by atoms with E-state index in [0.29, 0.717) is 17.1 Å². The first-order chi connectivity index (χ1) is 8.77. The van der Waals surface area contributed by atoms with E-state index >= 15 is 0 Å². The quantitative estimate of drug-likeness (QED) is 0.863. The first-order valence-corrected chi connectivity index (χ1v) is 6.24. The molecule has 0 aliphatic carbocycles. The van der Waals surface area contributed by atoms with Crippen molar-refractivity contribution in [1.82, 2.24) is 5.32 Å². The smallest absolute Gasteiger partial charge is 0.171 e. The summed E-state index contributed by atoms with van der Waals surface area (Å²) in [5.41, 5.74) is 0.628. The number of piperidine rings is 1. The summed E-state index contributed by atoms with van der Waals surface area (Å²) in [6.07, 6.45) is 1.78. The summed E-state index contributed by atoms with van der Waals surface area (Å²) in [4.78, 5) is 12.5. The number of halogens is 1. The number of ketones is 1. The molecule has 19 heavy (non-hydrogen) atoms. The van der Waals surface area contributed by atoms with Gasteiger partial charge in [0.05, 0.1) is 19.8 Å². The summed E-state index contributed by atoms with van der Waals surface area (Å²) in [6, 6.07) is 5.44. The van der Waals surface area contributed by atoms with E-state index < -0.39 is 0 Å². The van der Waals surface area contributed by atoms with Crippen LogP contribution in [0.25, 0.3) is 0 Å². The van der Waals surface area contributed by atoms with Gasteiger partial charge in [-0.15, -0.1) is 12.4 Å². The highest BCUT2D eigenvalue weighted by Crippen LogP contribution is 2.33. The van der Waals surface area contributed by atoms with Crippen LogP contribution in [0.5, 0.6) is 11.5 Å². The largest absolute Gasteiger partial charge is 0.493 e. The summed E-state index contributed by atoms with van der Waals surface area (Å²) < 4.78 is 10.5. The van der Waals surface area contributed by atoms with Crippen LogP contribution in [0.1, 0.15) is 23.2 Å². The van der Waals surface area contributed by atoms with Crippen LogP contribution < -0.4 is 14.8 Å². The van der Waals surface area contributed by atoms with Crippen molar-refractivity contribution in [2.45, 2.75) is 12.8 Å². The molecule has 0 aromatic heterocycles. The Balaban J connectivity index is 0.00000180. The van der Waals surface area contributed by atoms with Gasteiger partial charge in [-0.25, -0.2) is 0 Å². The van der Waals surface area contributed by atoms with Gasteiger partial charge in [0.15, 0.2) is 17.3 Å². The fourth-order valence-corrected chi connectivity index (χ4v) is 2.39. The number of nitrogens with one attached hydrogen (secondary N) is 1. The van der Waals surface area contributed by atoms with Crippen molar-refractivity contribution < 1.29 is 14.3 Å². The second-order valence-corrected chi connectivity index (χ2v) is 4.43. The molecule has 1 saturated heterocycles. The van der Waals surface area contributed by atoms with Gasteiger partial charge in [-0.05, 0) is 38.1 Å². The molecule has 106 valence electrons. The number of benzene rings is 1. The van der Waals surface area contributed by atoms with Crippen molar-refractivity contribution in [3.8, 4) is 11.5 Å². The lowest BCUT2D eigenvalue weighted by molar-refractivity contribution is 0.0891. The van der Waals surface area contributed by atoms with Gasteiger partial charge >= 0.3 is 0 Å². The van der Waals surface area contributed by atoms with Crippen LogP contribution in [0.15, 0.2) is 18.2 Å². The van der Waals surface area contributed by atoms with Crippen LogP contribution in [0.4, 0.5) is 0 Å². The average molecular weight is 286 g/mol. The Hall–Kier alpha value is -1.26. The average Bonchev–Trinajstić information content (AvgIpc) is 2.46. The van der Waals surface area contributed by atoms with E-state index in [1.54, 1.807) is 20.3 Å². The van der Waals surface area contributed by atoms with Gasteiger partial charge in [-0.2, -0.15) is 0 Å². The number of hydrogen-bond acceptors (Lipinski definition) is 4. The Labute approximate surface area is 119 Å². The molecule has 4 nitrogen and oxygen atoms in total. The zero-order valence-electron chi connectivity index (χ0n) is 11.3. The lowest BCUT2D eigenvalue weighted by Gasteiger charge is -2.22. The Morgan fingerprint density at radius 3 is 2.47 bits per heavy atom. The maximum Gasteiger partial charge on any atom is 0.171 e. The fraction of sp³-hybridized carbons (Fsp3) is 0.500. The fourth-order valence-electron chi connectivity index (χ4n) is 2.39. The molecule has 0 bridgehead atoms. The van der Waals surface area contributed by atoms with E-state index in [1.165, 1.54) is 0 Å². The predicted octanol–water partition coefficient (Wildman–Crippen LogP) is 2.31. The molecule has 1 aliphatic heterocycles. The van der Waals surface area contributed by atoms with Crippen molar-refractivity contribution in [2.75, 3.05) is 27.3 Å². The van der Waals surface area contributed by atoms with E-state index in [2.05, 4.69) is 5.32 Å². The summed E-state index contributed by atoms with van der Waals surface area (Å²) in [6.45, 7) is 1.81. The molecule has 0 spiro atoms. The highest BCUT2D eigenvalue weighted by Gasteiger charge is 2.25. The van der Waals surface area contributed by atoms with E-state index in [-0.39, 0.29) is 24.1 Å². The van der Waals surface area contributed by atoms with Crippen LogP contribution in [-0.4, -0.2) is 33.1 Å². The van der Waals surface area contributed by atoms with E-state index in [1.807, 2.05) is 12.1 Å². The summed E-state index contributed by atoms with van der Waals surface area (Å²) in [7, 11) is 3.15. The highest BCUT2D eigenvalue weighted by molar-refractivity contribution is 6.01. The number of Topliss-reactive ketones (excluding diaryl/α,β-unsaturated/α-hetero) is 1. The predicted molar refractivity (Wildman–Crippen MR) is 76.7 cm³/mol. The number of carbonyl (C=O) groups is 1. The van der Waals surface area contributed by atoms with Crippen molar-refractivity contribution in [3.05, 3.63) is 23.8 Å². The minimum absolute atomic E-state index is 0. The van der Waals surface area contributed by atoms with Crippen LogP contribution >= 0.6 is 12.4 Å². The molecule has 1 aromatic rings. The van der Waals surface area contributed by atoms with Crippen LogP contribution in [0.3, 0.4) is 0 Å². The summed E-state index contributed by atoms with van der Waals surface area (Å²) in [5.74, 6) is 1.40. The number of para-hydroxylation sites is 1. The van der Waals surface area contributed by atoms with Crippen molar-refractivity contribution in [2.24, 2.45) is 5.92 Å². The van der Waals surface area contributed by atoms with Crippen LogP contribution in [-0.2, 0) is 0 Å². The van der Waals surface area contributed by atoms with E-state index in [4.69, 9.17) is 9.47 Å². The lowest BCUT2D eigenvalue weighted by Crippen LogP contribution is -2.32. The van der Waals surface area contributed by atoms with Gasteiger partial charge in [-0.3, -0.25) is 4.79 Å². The third-order valence-corrected chi connectivity index (χ3v) is 3.38. The molecule has 1 N–H and O–H groups in total. The molecule has 2 rings (SSSR count). The normalized spacial score (nSPS) is 15.5. The van der Waals surface area contributed by atoms with E-state index in [0.717, 1.165) is 25.9 Å². The molecule has 0 unspecified atom stereocenters. The topological polar surface area (TPSA) is 47.6 Å². The van der Waals surface area contributed by atoms with Gasteiger partial charge in [-0.1, -0.05) is 6.07 Å². The zero-order chi connectivity index (χ0) is 13.0. The molecule has 1 fully saturated rings. The monoisotopic (exact) mass is 285 g/mol. The van der Waals surface area contributed by atoms with E-state index in [9.17, 15) is 4.79 Å². The SMILES string of the molecule is COc1cccc(C(=O)C2CCNCC2)c1OC.Cl. The Bertz CT molecular complexity index is 431. The first kappa shape index (κ1) is 15.8. The van der Waals surface area contributed by atoms with Crippen LogP contribution in [0.2, 0.25) is 0 Å². The van der Waals surface area contributed by atoms with Crippen molar-refractivity contribution >= 4 is 18.2 Å². The maximum absolute atomic E-state index is 12.5. The molecular formula is C14H20ClNO3. The number of rotatable bonds is 4. The second kappa shape index (κ2) is 7.36. The maximum atomic E-state index is 12.5. The summed E-state index contributed by atoms with van der Waals surface area (Å²) >= 11 is 0. The van der Waals surface area contributed by atoms with Gasteiger partial charge in [0.2, 0.25) is 0 Å². The van der Waals surface area contributed by atoms with Gasteiger partial charge in [0.25, 0.3) is 0 Å². The number of hydrogen-bond donors (Lipinski definition) is 1. The third-order valence-electron chi connectivity index (χ3n) is 3.38. The molecule has 0 atom stereocenters. The minimum atomic E-state index is 0. The number of ether oxygens (including phenoxy) is 2. The van der Waals surface area contributed by atoms with Crippen molar-refractivity contribution in [1.29, 1.82) is 0 Å². The third kappa shape index (κ3) is 3.39. The molecule has 0 amide bonds. The van der Waals surface area contributed by atoms with Gasteiger partial charge in [0, 0.05) is 5.92 Å². The molecule has 1 aliphatic rings. The molecule has 0 saturated carbocycles. The molecular weight excluding hydrogens is 266 g/mol. The Kier molecular flexibility index (Phi) is 6.12.